The van der Waals surface area contributed by atoms with Crippen molar-refractivity contribution in [1.29, 1.82) is 0 Å². The molecule has 0 spiro atoms. The van der Waals surface area contributed by atoms with Crippen molar-refractivity contribution in [2.75, 3.05) is 11.9 Å². The number of aryl methyl sites for hydroxylation is 1. The third kappa shape index (κ3) is 3.75. The Morgan fingerprint density at radius 1 is 1.18 bits per heavy atom. The topological polar surface area (TPSA) is 98.5 Å². The van der Waals surface area contributed by atoms with E-state index in [4.69, 9.17) is 4.74 Å². The minimum Gasteiger partial charge on any atom is -0.456 e. The quantitative estimate of drug-likeness (QED) is 0.453. The van der Waals surface area contributed by atoms with Crippen LogP contribution < -0.4 is 5.32 Å². The molecule has 28 heavy (non-hydrogen) atoms. The Morgan fingerprint density at radius 2 is 1.79 bits per heavy atom. The number of rotatable bonds is 6. The number of nitro benzene ring substituents is 1. The maximum absolute atomic E-state index is 12.4. The monoisotopic (exact) mass is 386 g/mol. The molecule has 1 aromatic rings. The van der Waals surface area contributed by atoms with E-state index in [0.717, 1.165) is 37.0 Å². The molecule has 4 fully saturated rings. The first kappa shape index (κ1) is 18.9. The molecule has 5 rings (SSSR count). The summed E-state index contributed by atoms with van der Waals surface area (Å²) in [6.07, 6.45) is 7.64. The van der Waals surface area contributed by atoms with Crippen LogP contribution in [0.15, 0.2) is 18.2 Å². The van der Waals surface area contributed by atoms with E-state index in [1.54, 1.807) is 19.1 Å². The van der Waals surface area contributed by atoms with Gasteiger partial charge in [-0.1, -0.05) is 12.1 Å². The van der Waals surface area contributed by atoms with Gasteiger partial charge in [0.15, 0.2) is 6.61 Å². The number of hydrogen-bond donors (Lipinski definition) is 1. The minimum atomic E-state index is -0.559. The molecule has 1 aromatic carbocycles. The third-order valence-electron chi connectivity index (χ3n) is 6.76. The fraction of sp³-hybridized carbons (Fsp3) is 0.619. The Balaban J connectivity index is 1.32. The third-order valence-corrected chi connectivity index (χ3v) is 6.76. The molecule has 4 aliphatic carbocycles. The average Bonchev–Trinajstić information content (AvgIpc) is 2.60. The predicted molar refractivity (Wildman–Crippen MR) is 103 cm³/mol. The molecule has 1 amide bonds. The summed E-state index contributed by atoms with van der Waals surface area (Å²) < 4.78 is 5.23. The van der Waals surface area contributed by atoms with Crippen molar-refractivity contribution in [2.24, 2.45) is 23.2 Å². The minimum absolute atomic E-state index is 0.0666. The Kier molecular flexibility index (Phi) is 4.85. The summed E-state index contributed by atoms with van der Waals surface area (Å²) >= 11 is 0. The number of nitrogens with zero attached hydrogens (tertiary/aromatic N) is 1. The van der Waals surface area contributed by atoms with Gasteiger partial charge in [-0.3, -0.25) is 19.7 Å². The van der Waals surface area contributed by atoms with E-state index in [1.807, 2.05) is 0 Å². The van der Waals surface area contributed by atoms with Crippen LogP contribution in [-0.4, -0.2) is 23.4 Å². The molecule has 4 aliphatic rings. The largest absolute Gasteiger partial charge is 0.456 e. The molecule has 0 aromatic heterocycles. The molecule has 0 aliphatic heterocycles. The van der Waals surface area contributed by atoms with Crippen LogP contribution in [0, 0.1) is 40.2 Å². The van der Waals surface area contributed by atoms with Gasteiger partial charge < -0.3 is 10.1 Å². The molecule has 0 heterocycles. The van der Waals surface area contributed by atoms with Gasteiger partial charge in [-0.25, -0.2) is 0 Å². The van der Waals surface area contributed by atoms with E-state index in [2.05, 4.69) is 5.32 Å². The fourth-order valence-electron chi connectivity index (χ4n) is 6.15. The molecular formula is C21H26N2O5. The van der Waals surface area contributed by atoms with Crippen molar-refractivity contribution in [2.45, 2.75) is 51.9 Å². The van der Waals surface area contributed by atoms with Gasteiger partial charge in [0.2, 0.25) is 0 Å². The lowest BCUT2D eigenvalue weighted by Crippen LogP contribution is -2.47. The lowest BCUT2D eigenvalue weighted by atomic mass is 9.49. The van der Waals surface area contributed by atoms with Crippen LogP contribution in [0.4, 0.5) is 11.4 Å². The molecule has 0 unspecified atom stereocenters. The summed E-state index contributed by atoms with van der Waals surface area (Å²) in [6, 6.07) is 4.58. The maximum atomic E-state index is 12.4. The average molecular weight is 386 g/mol. The lowest BCUT2D eigenvalue weighted by Gasteiger charge is -2.56. The second kappa shape index (κ2) is 7.18. The lowest BCUT2D eigenvalue weighted by molar-refractivity contribution is -0.384. The standard InChI is InChI=1S/C21H26N2O5/c1-13-3-2-4-17(23(26)27)20(13)22-18(24)12-28-19(25)11-21-8-14-5-15(9-21)7-16(6-14)10-21/h2-4,14-16H,5-12H2,1H3,(H,22,24). The van der Waals surface area contributed by atoms with Gasteiger partial charge in [-0.05, 0) is 74.2 Å². The van der Waals surface area contributed by atoms with E-state index in [9.17, 15) is 19.7 Å². The van der Waals surface area contributed by atoms with Crippen molar-refractivity contribution in [1.82, 2.24) is 0 Å². The zero-order valence-electron chi connectivity index (χ0n) is 16.1. The first-order valence-corrected chi connectivity index (χ1v) is 10.0. The number of anilines is 1. The highest BCUT2D eigenvalue weighted by atomic mass is 16.6. The molecule has 0 radical (unpaired) electrons. The summed E-state index contributed by atoms with van der Waals surface area (Å²) in [5.41, 5.74) is 0.627. The van der Waals surface area contributed by atoms with E-state index in [0.29, 0.717) is 12.0 Å². The Labute approximate surface area is 164 Å². The van der Waals surface area contributed by atoms with Gasteiger partial charge >= 0.3 is 5.97 Å². The molecule has 7 nitrogen and oxygen atoms in total. The zero-order chi connectivity index (χ0) is 19.9. The van der Waals surface area contributed by atoms with Gasteiger partial charge in [0, 0.05) is 6.07 Å². The normalized spacial score (nSPS) is 30.1. The van der Waals surface area contributed by atoms with Crippen molar-refractivity contribution in [3.8, 4) is 0 Å². The number of carbonyl (C=O) groups is 2. The first-order chi connectivity index (χ1) is 13.3. The van der Waals surface area contributed by atoms with Crippen molar-refractivity contribution in [3.63, 3.8) is 0 Å². The molecule has 1 N–H and O–H groups in total. The molecule has 150 valence electrons. The highest BCUT2D eigenvalue weighted by Crippen LogP contribution is 2.61. The number of nitrogens with one attached hydrogen (secondary N) is 1. The van der Waals surface area contributed by atoms with Gasteiger partial charge in [0.1, 0.15) is 5.69 Å². The number of hydrogen-bond acceptors (Lipinski definition) is 5. The Hall–Kier alpha value is -2.44. The SMILES string of the molecule is Cc1cccc([N+](=O)[O-])c1NC(=O)COC(=O)CC12CC3CC(CC(C3)C1)C2. The van der Waals surface area contributed by atoms with Gasteiger partial charge in [-0.15, -0.1) is 0 Å². The van der Waals surface area contributed by atoms with Crippen LogP contribution in [0.2, 0.25) is 0 Å². The van der Waals surface area contributed by atoms with Gasteiger partial charge in [0.05, 0.1) is 11.3 Å². The Morgan fingerprint density at radius 3 is 2.36 bits per heavy atom. The summed E-state index contributed by atoms with van der Waals surface area (Å²) in [4.78, 5) is 35.2. The van der Waals surface area contributed by atoms with Crippen LogP contribution in [-0.2, 0) is 14.3 Å². The predicted octanol–water partition coefficient (Wildman–Crippen LogP) is 3.99. The van der Waals surface area contributed by atoms with Gasteiger partial charge in [-0.2, -0.15) is 0 Å². The van der Waals surface area contributed by atoms with E-state index in [-0.39, 0.29) is 22.8 Å². The first-order valence-electron chi connectivity index (χ1n) is 10.0. The van der Waals surface area contributed by atoms with Crippen LogP contribution >= 0.6 is 0 Å². The number of esters is 1. The van der Waals surface area contributed by atoms with Crippen LogP contribution in [0.1, 0.15) is 50.5 Å². The van der Waals surface area contributed by atoms with E-state index in [1.165, 1.54) is 25.3 Å². The number of carbonyl (C=O) groups excluding carboxylic acids is 2. The van der Waals surface area contributed by atoms with E-state index < -0.39 is 17.4 Å². The summed E-state index contributed by atoms with van der Waals surface area (Å²) in [6.45, 7) is 1.26. The smallest absolute Gasteiger partial charge is 0.306 e. The Bertz CT molecular complexity index is 784. The van der Waals surface area contributed by atoms with Crippen LogP contribution in [0.5, 0.6) is 0 Å². The molecular weight excluding hydrogens is 360 g/mol. The molecule has 4 saturated carbocycles. The molecule has 0 atom stereocenters. The number of amides is 1. The second-order valence-corrected chi connectivity index (χ2v) is 9.03. The van der Waals surface area contributed by atoms with E-state index >= 15 is 0 Å². The maximum Gasteiger partial charge on any atom is 0.306 e. The molecule has 4 bridgehead atoms. The highest BCUT2D eigenvalue weighted by molar-refractivity contribution is 5.95. The van der Waals surface area contributed by atoms with Gasteiger partial charge in [0.25, 0.3) is 11.6 Å². The van der Waals surface area contributed by atoms with Crippen molar-refractivity contribution >= 4 is 23.3 Å². The van der Waals surface area contributed by atoms with Crippen LogP contribution in [0.3, 0.4) is 0 Å². The summed E-state index contributed by atoms with van der Waals surface area (Å²) in [5, 5.41) is 13.7. The highest BCUT2D eigenvalue weighted by Gasteiger charge is 2.51. The molecule has 7 heteroatoms. The number of ether oxygens (including phenoxy) is 1. The summed E-state index contributed by atoms with van der Waals surface area (Å²) in [7, 11) is 0. The zero-order valence-corrected chi connectivity index (χ0v) is 16.1. The van der Waals surface area contributed by atoms with Crippen molar-refractivity contribution < 1.29 is 19.2 Å². The second-order valence-electron chi connectivity index (χ2n) is 9.03. The number of nitro groups is 1. The summed E-state index contributed by atoms with van der Waals surface area (Å²) in [5.74, 6) is 1.37. The number of para-hydroxylation sites is 1. The fourth-order valence-corrected chi connectivity index (χ4v) is 6.15. The number of benzene rings is 1. The van der Waals surface area contributed by atoms with Crippen molar-refractivity contribution in [3.05, 3.63) is 33.9 Å². The molecule has 0 saturated heterocycles. The van der Waals surface area contributed by atoms with Crippen LogP contribution in [0.25, 0.3) is 0 Å².